The molecule has 5 heteroatoms. The van der Waals surface area contributed by atoms with Crippen molar-refractivity contribution < 1.29 is 4.79 Å². The summed E-state index contributed by atoms with van der Waals surface area (Å²) in [5, 5.41) is 6.41. The van der Waals surface area contributed by atoms with E-state index in [1.54, 1.807) is 6.20 Å². The van der Waals surface area contributed by atoms with Crippen molar-refractivity contribution in [2.24, 2.45) is 0 Å². The third-order valence-corrected chi connectivity index (χ3v) is 4.23. The fourth-order valence-corrected chi connectivity index (χ4v) is 2.73. The largest absolute Gasteiger partial charge is 0.349 e. The lowest BCUT2D eigenvalue weighted by molar-refractivity contribution is 0.0933. The maximum atomic E-state index is 12.3. The summed E-state index contributed by atoms with van der Waals surface area (Å²) < 4.78 is 0. The van der Waals surface area contributed by atoms with Gasteiger partial charge in [-0.25, -0.2) is 9.97 Å². The van der Waals surface area contributed by atoms with Crippen molar-refractivity contribution in [1.29, 1.82) is 0 Å². The van der Waals surface area contributed by atoms with Crippen LogP contribution in [-0.2, 0) is 0 Å². The SMILES string of the molecule is CCC(CC)NC(=O)c1cnc(C2CCCNC2)nc1C. The van der Waals surface area contributed by atoms with Crippen LogP contribution in [0, 0.1) is 6.92 Å². The third-order valence-electron chi connectivity index (χ3n) is 4.23. The van der Waals surface area contributed by atoms with E-state index in [9.17, 15) is 4.79 Å². The zero-order valence-electron chi connectivity index (χ0n) is 13.3. The van der Waals surface area contributed by atoms with Gasteiger partial charge >= 0.3 is 0 Å². The lowest BCUT2D eigenvalue weighted by atomic mass is 9.98. The average Bonchev–Trinajstić information content (AvgIpc) is 2.53. The predicted molar refractivity (Wildman–Crippen MR) is 83.4 cm³/mol. The normalized spacial score (nSPS) is 18.8. The summed E-state index contributed by atoms with van der Waals surface area (Å²) in [5.74, 6) is 1.17. The highest BCUT2D eigenvalue weighted by molar-refractivity contribution is 5.95. The summed E-state index contributed by atoms with van der Waals surface area (Å²) in [6, 6.07) is 0.221. The van der Waals surface area contributed by atoms with Gasteiger partial charge in [0.05, 0.1) is 11.3 Å². The van der Waals surface area contributed by atoms with E-state index in [1.807, 2.05) is 6.92 Å². The Balaban J connectivity index is 2.09. The molecule has 0 bridgehead atoms. The molecule has 0 aliphatic carbocycles. The van der Waals surface area contributed by atoms with Gasteiger partial charge in [-0.1, -0.05) is 13.8 Å². The highest BCUT2D eigenvalue weighted by Crippen LogP contribution is 2.20. The molecular weight excluding hydrogens is 264 g/mol. The number of aryl methyl sites for hydroxylation is 1. The first-order chi connectivity index (χ1) is 10.2. The number of nitrogens with one attached hydrogen (secondary N) is 2. The molecule has 1 unspecified atom stereocenters. The van der Waals surface area contributed by atoms with Crippen molar-refractivity contribution in [3.05, 3.63) is 23.3 Å². The van der Waals surface area contributed by atoms with Crippen LogP contribution < -0.4 is 10.6 Å². The minimum Gasteiger partial charge on any atom is -0.349 e. The second-order valence-electron chi connectivity index (χ2n) is 5.76. The maximum Gasteiger partial charge on any atom is 0.254 e. The maximum absolute atomic E-state index is 12.3. The van der Waals surface area contributed by atoms with E-state index in [2.05, 4.69) is 34.4 Å². The van der Waals surface area contributed by atoms with E-state index in [-0.39, 0.29) is 11.9 Å². The van der Waals surface area contributed by atoms with Gasteiger partial charge in [-0.2, -0.15) is 0 Å². The molecule has 1 amide bonds. The van der Waals surface area contributed by atoms with Crippen LogP contribution in [-0.4, -0.2) is 35.0 Å². The summed E-state index contributed by atoms with van der Waals surface area (Å²) in [6.07, 6.45) is 5.83. The summed E-state index contributed by atoms with van der Waals surface area (Å²) in [7, 11) is 0. The van der Waals surface area contributed by atoms with E-state index >= 15 is 0 Å². The van der Waals surface area contributed by atoms with Gasteiger partial charge in [0.15, 0.2) is 0 Å². The molecule has 2 N–H and O–H groups in total. The molecule has 1 saturated heterocycles. The van der Waals surface area contributed by atoms with Crippen LogP contribution in [0.4, 0.5) is 0 Å². The molecule has 0 saturated carbocycles. The van der Waals surface area contributed by atoms with Crippen molar-refractivity contribution in [2.75, 3.05) is 13.1 Å². The van der Waals surface area contributed by atoms with Gasteiger partial charge in [-0.15, -0.1) is 0 Å². The second kappa shape index (κ2) is 7.50. The fourth-order valence-electron chi connectivity index (χ4n) is 2.73. The van der Waals surface area contributed by atoms with Crippen LogP contribution in [0.5, 0.6) is 0 Å². The van der Waals surface area contributed by atoms with Crippen LogP contribution >= 0.6 is 0 Å². The Morgan fingerprint density at radius 2 is 2.24 bits per heavy atom. The molecule has 1 aromatic rings. The van der Waals surface area contributed by atoms with E-state index in [0.717, 1.165) is 50.3 Å². The van der Waals surface area contributed by atoms with Crippen LogP contribution in [0.2, 0.25) is 0 Å². The quantitative estimate of drug-likeness (QED) is 0.872. The van der Waals surface area contributed by atoms with Crippen molar-refractivity contribution in [3.63, 3.8) is 0 Å². The predicted octanol–water partition coefficient (Wildman–Crippen LogP) is 2.17. The van der Waals surface area contributed by atoms with Gasteiger partial charge in [0, 0.05) is 24.7 Å². The molecule has 116 valence electrons. The average molecular weight is 290 g/mol. The van der Waals surface area contributed by atoms with E-state index < -0.39 is 0 Å². The number of piperidine rings is 1. The number of rotatable bonds is 5. The molecule has 5 nitrogen and oxygen atoms in total. The van der Waals surface area contributed by atoms with Crippen molar-refractivity contribution in [2.45, 2.75) is 58.4 Å². The van der Waals surface area contributed by atoms with E-state index in [4.69, 9.17) is 0 Å². The smallest absolute Gasteiger partial charge is 0.254 e. The Morgan fingerprint density at radius 3 is 2.81 bits per heavy atom. The Hall–Kier alpha value is -1.49. The van der Waals surface area contributed by atoms with Gasteiger partial charge in [-0.3, -0.25) is 4.79 Å². The van der Waals surface area contributed by atoms with Crippen molar-refractivity contribution >= 4 is 5.91 Å². The molecule has 2 heterocycles. The molecule has 0 aromatic carbocycles. The molecule has 21 heavy (non-hydrogen) atoms. The van der Waals surface area contributed by atoms with Gasteiger partial charge in [-0.05, 0) is 39.2 Å². The number of nitrogens with zero attached hydrogens (tertiary/aromatic N) is 2. The Labute approximate surface area is 127 Å². The molecule has 1 fully saturated rings. The second-order valence-corrected chi connectivity index (χ2v) is 5.76. The van der Waals surface area contributed by atoms with Crippen molar-refractivity contribution in [3.8, 4) is 0 Å². The summed E-state index contributed by atoms with van der Waals surface area (Å²) in [5.41, 5.74) is 1.36. The third kappa shape index (κ3) is 4.00. The zero-order chi connectivity index (χ0) is 15.2. The molecule has 2 rings (SSSR count). The number of hydrogen-bond donors (Lipinski definition) is 2. The van der Waals surface area contributed by atoms with E-state index in [1.165, 1.54) is 0 Å². The lowest BCUT2D eigenvalue weighted by Crippen LogP contribution is -2.34. The first-order valence-corrected chi connectivity index (χ1v) is 8.00. The molecule has 1 aliphatic rings. The Morgan fingerprint density at radius 1 is 1.48 bits per heavy atom. The van der Waals surface area contributed by atoms with E-state index in [0.29, 0.717) is 11.5 Å². The Bertz CT molecular complexity index is 479. The number of hydrogen-bond acceptors (Lipinski definition) is 4. The minimum atomic E-state index is -0.0606. The first kappa shape index (κ1) is 15.9. The molecule has 1 aromatic heterocycles. The lowest BCUT2D eigenvalue weighted by Gasteiger charge is -2.22. The van der Waals surface area contributed by atoms with Crippen LogP contribution in [0.15, 0.2) is 6.20 Å². The Kier molecular flexibility index (Phi) is 5.67. The number of carbonyl (C=O) groups excluding carboxylic acids is 1. The standard InChI is InChI=1S/C16H26N4O/c1-4-13(5-2)20-16(21)14-10-18-15(19-11(14)3)12-7-6-8-17-9-12/h10,12-13,17H,4-9H2,1-3H3,(H,20,21). The zero-order valence-corrected chi connectivity index (χ0v) is 13.3. The number of amides is 1. The highest BCUT2D eigenvalue weighted by Gasteiger charge is 2.20. The van der Waals surface area contributed by atoms with Gasteiger partial charge < -0.3 is 10.6 Å². The van der Waals surface area contributed by atoms with Gasteiger partial charge in [0.1, 0.15) is 5.82 Å². The van der Waals surface area contributed by atoms with Crippen LogP contribution in [0.3, 0.4) is 0 Å². The molecule has 1 atom stereocenters. The molecule has 0 radical (unpaired) electrons. The number of aromatic nitrogens is 2. The van der Waals surface area contributed by atoms with Crippen LogP contribution in [0.25, 0.3) is 0 Å². The summed E-state index contributed by atoms with van der Waals surface area (Å²) >= 11 is 0. The van der Waals surface area contributed by atoms with Crippen LogP contribution in [0.1, 0.15) is 67.3 Å². The van der Waals surface area contributed by atoms with Crippen molar-refractivity contribution in [1.82, 2.24) is 20.6 Å². The van der Waals surface area contributed by atoms with Gasteiger partial charge in [0.2, 0.25) is 0 Å². The first-order valence-electron chi connectivity index (χ1n) is 8.00. The fraction of sp³-hybridized carbons (Fsp3) is 0.688. The summed E-state index contributed by atoms with van der Waals surface area (Å²) in [6.45, 7) is 8.06. The monoisotopic (exact) mass is 290 g/mol. The molecule has 1 aliphatic heterocycles. The number of carbonyl (C=O) groups is 1. The van der Waals surface area contributed by atoms with Gasteiger partial charge in [0.25, 0.3) is 5.91 Å². The minimum absolute atomic E-state index is 0.0606. The summed E-state index contributed by atoms with van der Waals surface area (Å²) in [4.78, 5) is 21.3. The molecule has 0 spiro atoms. The highest BCUT2D eigenvalue weighted by atomic mass is 16.1. The molecular formula is C16H26N4O. The topological polar surface area (TPSA) is 66.9 Å².